The highest BCUT2D eigenvalue weighted by Gasteiger charge is 2.28. The number of carbonyl (C=O) groups excluding carboxylic acids is 2. The average Bonchev–Trinajstić information content (AvgIpc) is 3.35. The number of anilines is 1. The molecule has 160 valence electrons. The lowest BCUT2D eigenvalue weighted by Gasteiger charge is -2.21. The maximum atomic E-state index is 12.8. The molecule has 1 aromatic carbocycles. The van der Waals surface area contributed by atoms with Crippen LogP contribution in [0, 0.1) is 5.92 Å². The molecule has 2 amide bonds. The molecule has 30 heavy (non-hydrogen) atoms. The first-order valence-electron chi connectivity index (χ1n) is 10.5. The third-order valence-electron chi connectivity index (χ3n) is 5.78. The van der Waals surface area contributed by atoms with Gasteiger partial charge in [0.05, 0.1) is 12.8 Å². The second kappa shape index (κ2) is 9.55. The van der Waals surface area contributed by atoms with Gasteiger partial charge in [0.15, 0.2) is 0 Å². The molecule has 1 aromatic heterocycles. The third-order valence-corrected chi connectivity index (χ3v) is 6.75. The largest absolute Gasteiger partial charge is 0.497 e. The van der Waals surface area contributed by atoms with Crippen molar-refractivity contribution in [3.05, 3.63) is 41.1 Å². The number of rotatable bonds is 7. The first-order chi connectivity index (χ1) is 14.6. The summed E-state index contributed by atoms with van der Waals surface area (Å²) >= 11 is 1.79. The molecule has 2 heterocycles. The third kappa shape index (κ3) is 4.80. The van der Waals surface area contributed by atoms with Crippen LogP contribution in [-0.4, -0.2) is 28.7 Å². The topological polar surface area (TPSA) is 85.2 Å². The minimum absolute atomic E-state index is 0.0641. The van der Waals surface area contributed by atoms with Crippen molar-refractivity contribution in [2.45, 2.75) is 56.7 Å². The van der Waals surface area contributed by atoms with E-state index in [0.29, 0.717) is 12.4 Å². The van der Waals surface area contributed by atoms with E-state index in [2.05, 4.69) is 15.7 Å². The van der Waals surface area contributed by atoms with Gasteiger partial charge in [-0.05, 0) is 30.5 Å². The Balaban J connectivity index is 1.40. The Labute approximate surface area is 180 Å². The molecular weight excluding hydrogens is 400 g/mol. The summed E-state index contributed by atoms with van der Waals surface area (Å²) < 4.78 is 6.82. The second-order valence-corrected chi connectivity index (χ2v) is 8.86. The number of aromatic nitrogens is 2. The molecule has 2 aliphatic rings. The van der Waals surface area contributed by atoms with Crippen LogP contribution < -0.4 is 15.4 Å². The molecule has 1 fully saturated rings. The molecule has 2 N–H and O–H groups in total. The van der Waals surface area contributed by atoms with Crippen molar-refractivity contribution in [3.63, 3.8) is 0 Å². The van der Waals surface area contributed by atoms with E-state index in [9.17, 15) is 9.59 Å². The first-order valence-corrected chi connectivity index (χ1v) is 11.7. The number of thioether (sulfide) groups is 1. The minimum atomic E-state index is -0.132. The van der Waals surface area contributed by atoms with Gasteiger partial charge in [0.2, 0.25) is 11.8 Å². The van der Waals surface area contributed by atoms with Crippen LogP contribution in [0.3, 0.4) is 0 Å². The van der Waals surface area contributed by atoms with Crippen LogP contribution in [0.2, 0.25) is 0 Å². The first kappa shape index (κ1) is 20.8. The number of fused-ring (bicyclic) bond motifs is 1. The van der Waals surface area contributed by atoms with Crippen LogP contribution in [0.15, 0.2) is 24.3 Å². The summed E-state index contributed by atoms with van der Waals surface area (Å²) in [5.41, 5.74) is 3.03. The summed E-state index contributed by atoms with van der Waals surface area (Å²) in [5, 5.41) is 10.7. The Kier molecular flexibility index (Phi) is 6.62. The summed E-state index contributed by atoms with van der Waals surface area (Å²) in [7, 11) is 1.63. The van der Waals surface area contributed by atoms with E-state index in [4.69, 9.17) is 4.74 Å². The van der Waals surface area contributed by atoms with Crippen molar-refractivity contribution in [1.82, 2.24) is 15.1 Å². The van der Waals surface area contributed by atoms with Crippen LogP contribution in [0.4, 0.5) is 5.82 Å². The van der Waals surface area contributed by atoms with Crippen LogP contribution in [0.25, 0.3) is 0 Å². The lowest BCUT2D eigenvalue weighted by atomic mass is 9.88. The summed E-state index contributed by atoms with van der Waals surface area (Å²) in [6.07, 6.45) is 5.32. The Morgan fingerprint density at radius 1 is 1.17 bits per heavy atom. The van der Waals surface area contributed by atoms with Crippen LogP contribution >= 0.6 is 11.8 Å². The maximum absolute atomic E-state index is 12.8. The molecule has 7 nitrogen and oxygen atoms in total. The zero-order valence-corrected chi connectivity index (χ0v) is 18.1. The monoisotopic (exact) mass is 428 g/mol. The Bertz CT molecular complexity index is 904. The van der Waals surface area contributed by atoms with E-state index in [0.717, 1.165) is 59.8 Å². The average molecular weight is 429 g/mol. The molecule has 4 rings (SSSR count). The molecule has 0 bridgehead atoms. The Morgan fingerprint density at radius 2 is 1.93 bits per heavy atom. The number of hydrogen-bond donors (Lipinski definition) is 2. The SMILES string of the molecule is COc1ccc(CNC(=O)Cn2nc3c(c2NC(=O)C2CCCCC2)CSC3)cc1. The molecule has 0 atom stereocenters. The molecule has 0 saturated heterocycles. The van der Waals surface area contributed by atoms with Crippen LogP contribution in [0.5, 0.6) is 5.75 Å². The van der Waals surface area contributed by atoms with E-state index in [1.165, 1.54) is 6.42 Å². The van der Waals surface area contributed by atoms with Gasteiger partial charge in [-0.3, -0.25) is 9.59 Å². The summed E-state index contributed by atoms with van der Waals surface area (Å²) in [4.78, 5) is 25.4. The lowest BCUT2D eigenvalue weighted by molar-refractivity contribution is -0.122. The van der Waals surface area contributed by atoms with Gasteiger partial charge < -0.3 is 15.4 Å². The zero-order valence-electron chi connectivity index (χ0n) is 17.3. The Morgan fingerprint density at radius 3 is 2.67 bits per heavy atom. The molecule has 2 aromatic rings. The number of benzene rings is 1. The molecule has 1 saturated carbocycles. The number of methoxy groups -OCH3 is 1. The highest BCUT2D eigenvalue weighted by atomic mass is 32.2. The number of ether oxygens (including phenoxy) is 1. The van der Waals surface area contributed by atoms with Gasteiger partial charge in [0, 0.05) is 29.5 Å². The summed E-state index contributed by atoms with van der Waals surface area (Å²) in [6, 6.07) is 7.59. The number of nitrogens with one attached hydrogen (secondary N) is 2. The minimum Gasteiger partial charge on any atom is -0.497 e. The van der Waals surface area contributed by atoms with Crippen molar-refractivity contribution in [2.24, 2.45) is 5.92 Å². The van der Waals surface area contributed by atoms with E-state index < -0.39 is 0 Å². The molecule has 0 unspecified atom stereocenters. The van der Waals surface area contributed by atoms with E-state index in [1.54, 1.807) is 23.6 Å². The predicted octanol–water partition coefficient (Wildman–Crippen LogP) is 3.47. The van der Waals surface area contributed by atoms with Gasteiger partial charge in [-0.25, -0.2) is 4.68 Å². The number of carbonyl (C=O) groups is 2. The molecule has 8 heteroatoms. The molecule has 1 aliphatic carbocycles. The van der Waals surface area contributed by atoms with Gasteiger partial charge >= 0.3 is 0 Å². The highest BCUT2D eigenvalue weighted by molar-refractivity contribution is 7.98. The van der Waals surface area contributed by atoms with Gasteiger partial charge in [0.25, 0.3) is 0 Å². The Hall–Kier alpha value is -2.48. The highest BCUT2D eigenvalue weighted by Crippen LogP contribution is 2.35. The van der Waals surface area contributed by atoms with Crippen molar-refractivity contribution < 1.29 is 14.3 Å². The van der Waals surface area contributed by atoms with Gasteiger partial charge in [-0.15, -0.1) is 0 Å². The fourth-order valence-corrected chi connectivity index (χ4v) is 5.07. The van der Waals surface area contributed by atoms with Crippen molar-refractivity contribution in [1.29, 1.82) is 0 Å². The fourth-order valence-electron chi connectivity index (χ4n) is 4.04. The standard InChI is InChI=1S/C22H28N4O3S/c1-29-17-9-7-15(8-10-17)11-23-20(27)12-26-21(18-13-30-14-19(18)25-26)24-22(28)16-5-3-2-4-6-16/h7-10,16H,2-6,11-14H2,1H3,(H,23,27)(H,24,28). The van der Waals surface area contributed by atoms with Gasteiger partial charge in [-0.1, -0.05) is 31.4 Å². The van der Waals surface area contributed by atoms with Crippen molar-refractivity contribution in [2.75, 3.05) is 12.4 Å². The normalized spacial score (nSPS) is 16.2. The quantitative estimate of drug-likeness (QED) is 0.705. The fraction of sp³-hybridized carbons (Fsp3) is 0.500. The molecule has 1 aliphatic heterocycles. The van der Waals surface area contributed by atoms with Gasteiger partial charge in [0.1, 0.15) is 18.1 Å². The number of hydrogen-bond acceptors (Lipinski definition) is 5. The lowest BCUT2D eigenvalue weighted by Crippen LogP contribution is -2.30. The smallest absolute Gasteiger partial charge is 0.242 e. The zero-order chi connectivity index (χ0) is 20.9. The van der Waals surface area contributed by atoms with E-state index in [-0.39, 0.29) is 24.3 Å². The molecular formula is C22H28N4O3S. The predicted molar refractivity (Wildman–Crippen MR) is 117 cm³/mol. The van der Waals surface area contributed by atoms with Crippen molar-refractivity contribution in [3.8, 4) is 5.75 Å². The summed E-state index contributed by atoms with van der Waals surface area (Å²) in [6.45, 7) is 0.525. The number of nitrogens with zero attached hydrogens (tertiary/aromatic N) is 2. The maximum Gasteiger partial charge on any atom is 0.242 e. The van der Waals surface area contributed by atoms with Crippen LogP contribution in [0.1, 0.15) is 48.9 Å². The van der Waals surface area contributed by atoms with E-state index in [1.807, 2.05) is 24.3 Å². The second-order valence-electron chi connectivity index (χ2n) is 7.87. The summed E-state index contributed by atoms with van der Waals surface area (Å²) in [5.74, 6) is 3.13. The number of amides is 2. The van der Waals surface area contributed by atoms with Gasteiger partial charge in [-0.2, -0.15) is 16.9 Å². The molecule has 0 radical (unpaired) electrons. The molecule has 0 spiro atoms. The van der Waals surface area contributed by atoms with E-state index >= 15 is 0 Å². The van der Waals surface area contributed by atoms with Crippen LogP contribution in [-0.2, 0) is 34.2 Å². The van der Waals surface area contributed by atoms with Crippen molar-refractivity contribution >= 4 is 29.4 Å².